The maximum Gasteiger partial charge on any atom is 0.344 e. The number of amides is 1. The van der Waals surface area contributed by atoms with E-state index in [0.29, 0.717) is 13.1 Å². The lowest BCUT2D eigenvalue weighted by Gasteiger charge is -2.17. The van der Waals surface area contributed by atoms with Crippen molar-refractivity contribution in [1.29, 1.82) is 0 Å². The highest BCUT2D eigenvalue weighted by Crippen LogP contribution is 2.20. The molecule has 0 radical (unpaired) electrons. The summed E-state index contributed by atoms with van der Waals surface area (Å²) in [5.41, 5.74) is 0.131. The van der Waals surface area contributed by atoms with Gasteiger partial charge in [-0.1, -0.05) is 6.07 Å². The summed E-state index contributed by atoms with van der Waals surface area (Å²) in [6.45, 7) is 6.47. The van der Waals surface area contributed by atoms with Crippen LogP contribution in [0.4, 0.5) is 4.79 Å². The van der Waals surface area contributed by atoms with E-state index >= 15 is 0 Å². The van der Waals surface area contributed by atoms with E-state index in [1.807, 2.05) is 13.8 Å². The highest BCUT2D eigenvalue weighted by Gasteiger charge is 2.24. The molecule has 0 unspecified atom stereocenters. The number of rotatable bonds is 6. The van der Waals surface area contributed by atoms with Crippen LogP contribution >= 0.6 is 0 Å². The third-order valence-electron chi connectivity index (χ3n) is 3.73. The maximum absolute atomic E-state index is 12.8. The van der Waals surface area contributed by atoms with Crippen LogP contribution in [0.1, 0.15) is 31.1 Å². The maximum atomic E-state index is 12.8. The molecule has 0 N–H and O–H groups in total. The summed E-state index contributed by atoms with van der Waals surface area (Å²) in [5, 5.41) is 3.64. The zero-order chi connectivity index (χ0) is 19.3. The summed E-state index contributed by atoms with van der Waals surface area (Å²) in [5.74, 6) is -0.605. The van der Waals surface area contributed by atoms with Crippen molar-refractivity contribution >= 4 is 21.8 Å². The Hall–Kier alpha value is -2.68. The van der Waals surface area contributed by atoms with Crippen molar-refractivity contribution in [3.05, 3.63) is 42.1 Å². The lowest BCUT2D eigenvalue weighted by atomic mass is 10.2. The first-order chi connectivity index (χ1) is 12.3. The normalized spacial score (nSPS) is 11.2. The molecule has 2 rings (SSSR count). The Bertz CT molecular complexity index is 901. The number of hydrogen-bond acceptors (Lipinski definition) is 6. The summed E-state index contributed by atoms with van der Waals surface area (Å²) in [6, 6.07) is 6.38. The zero-order valence-corrected chi connectivity index (χ0v) is 15.7. The number of nitrogens with zero attached hydrogens (tertiary/aromatic N) is 3. The smallest absolute Gasteiger partial charge is 0.344 e. The molecule has 0 saturated carbocycles. The fourth-order valence-corrected chi connectivity index (χ4v) is 3.54. The quantitative estimate of drug-likeness (QED) is 0.714. The predicted octanol–water partition coefficient (Wildman–Crippen LogP) is 2.20. The number of esters is 1. The molecule has 1 amide bonds. The second kappa shape index (κ2) is 8.13. The van der Waals surface area contributed by atoms with Gasteiger partial charge in [0.1, 0.15) is 0 Å². The number of carbonyl (C=O) groups is 2. The number of aromatic nitrogens is 2. The minimum absolute atomic E-state index is 0.0939. The van der Waals surface area contributed by atoms with Crippen LogP contribution < -0.4 is 0 Å². The Morgan fingerprint density at radius 3 is 2.46 bits per heavy atom. The van der Waals surface area contributed by atoms with Gasteiger partial charge in [0.25, 0.3) is 0 Å². The Kier molecular flexibility index (Phi) is 6.14. The fourth-order valence-electron chi connectivity index (χ4n) is 2.32. The average molecular weight is 379 g/mol. The van der Waals surface area contributed by atoms with Crippen molar-refractivity contribution in [2.45, 2.75) is 30.7 Å². The van der Waals surface area contributed by atoms with E-state index in [9.17, 15) is 18.0 Å². The summed E-state index contributed by atoms with van der Waals surface area (Å²) in [6.07, 6.45) is 1.31. The van der Waals surface area contributed by atoms with Crippen molar-refractivity contribution < 1.29 is 22.7 Å². The van der Waals surface area contributed by atoms with Crippen LogP contribution in [0.5, 0.6) is 0 Å². The summed E-state index contributed by atoms with van der Waals surface area (Å²) in [4.78, 5) is 25.5. The van der Waals surface area contributed by atoms with Crippen LogP contribution in [-0.2, 0) is 14.6 Å². The molecule has 9 heteroatoms. The summed E-state index contributed by atoms with van der Waals surface area (Å²) in [7, 11) is -3.97. The molecule has 1 aromatic heterocycles. The van der Waals surface area contributed by atoms with E-state index in [0.717, 1.165) is 4.68 Å². The van der Waals surface area contributed by atoms with Gasteiger partial charge in [-0.2, -0.15) is 9.78 Å². The molecule has 0 aliphatic heterocycles. The van der Waals surface area contributed by atoms with Crippen LogP contribution in [0.2, 0.25) is 0 Å². The van der Waals surface area contributed by atoms with Crippen LogP contribution in [0, 0.1) is 0 Å². The molecule has 8 nitrogen and oxygen atoms in total. The van der Waals surface area contributed by atoms with Gasteiger partial charge in [-0.25, -0.2) is 18.0 Å². The number of benzene rings is 1. The van der Waals surface area contributed by atoms with Gasteiger partial charge < -0.3 is 9.64 Å². The monoisotopic (exact) mass is 379 g/mol. The average Bonchev–Trinajstić information content (AvgIpc) is 3.14. The van der Waals surface area contributed by atoms with Crippen LogP contribution in [-0.4, -0.2) is 54.8 Å². The fraction of sp³-hybridized carbons (Fsp3) is 0.353. The van der Waals surface area contributed by atoms with Crippen LogP contribution in [0.15, 0.2) is 46.5 Å². The minimum atomic E-state index is -3.97. The molecule has 1 aromatic carbocycles. The molecule has 0 fully saturated rings. The zero-order valence-electron chi connectivity index (χ0n) is 14.9. The highest BCUT2D eigenvalue weighted by atomic mass is 32.2. The molecule has 0 aliphatic rings. The molecule has 2 aromatic rings. The number of carbonyl (C=O) groups excluding carboxylic acids is 2. The van der Waals surface area contributed by atoms with Gasteiger partial charge in [-0.05, 0) is 45.0 Å². The van der Waals surface area contributed by atoms with Crippen molar-refractivity contribution in [2.24, 2.45) is 0 Å². The topological polar surface area (TPSA) is 98.6 Å². The Morgan fingerprint density at radius 1 is 1.15 bits per heavy atom. The lowest BCUT2D eigenvalue weighted by molar-refractivity contribution is 0.0526. The molecule has 1 heterocycles. The summed E-state index contributed by atoms with van der Waals surface area (Å²) >= 11 is 0. The molecule has 140 valence electrons. The van der Waals surface area contributed by atoms with Gasteiger partial charge >= 0.3 is 12.0 Å². The van der Waals surface area contributed by atoms with Gasteiger partial charge in [0.05, 0.1) is 17.1 Å². The third-order valence-corrected chi connectivity index (χ3v) is 5.37. The Morgan fingerprint density at radius 2 is 1.85 bits per heavy atom. The van der Waals surface area contributed by atoms with Crippen LogP contribution in [0.25, 0.3) is 0 Å². The van der Waals surface area contributed by atoms with E-state index in [4.69, 9.17) is 4.74 Å². The third kappa shape index (κ3) is 3.93. The van der Waals surface area contributed by atoms with Gasteiger partial charge in [0.2, 0.25) is 9.84 Å². The van der Waals surface area contributed by atoms with E-state index < -0.39 is 21.8 Å². The Labute approximate surface area is 152 Å². The summed E-state index contributed by atoms with van der Waals surface area (Å²) < 4.78 is 31.4. The van der Waals surface area contributed by atoms with Crippen LogP contribution in [0.3, 0.4) is 0 Å². The van der Waals surface area contributed by atoms with Crippen molar-refractivity contribution in [1.82, 2.24) is 14.7 Å². The molecule has 0 saturated heterocycles. The van der Waals surface area contributed by atoms with E-state index in [-0.39, 0.29) is 22.1 Å². The van der Waals surface area contributed by atoms with Crippen molar-refractivity contribution in [3.63, 3.8) is 0 Å². The van der Waals surface area contributed by atoms with Crippen molar-refractivity contribution in [3.8, 4) is 0 Å². The molecule has 0 atom stereocenters. The predicted molar refractivity (Wildman–Crippen MR) is 93.8 cm³/mol. The van der Waals surface area contributed by atoms with Gasteiger partial charge in [0.15, 0.2) is 5.03 Å². The number of sulfone groups is 1. The first-order valence-electron chi connectivity index (χ1n) is 8.22. The van der Waals surface area contributed by atoms with E-state index in [2.05, 4.69) is 5.10 Å². The van der Waals surface area contributed by atoms with Gasteiger partial charge in [-0.3, -0.25) is 0 Å². The molecule has 0 aliphatic carbocycles. The Balaban J connectivity index is 2.36. The first kappa shape index (κ1) is 19.6. The molecule has 0 bridgehead atoms. The molecule has 26 heavy (non-hydrogen) atoms. The van der Waals surface area contributed by atoms with Crippen molar-refractivity contribution in [2.75, 3.05) is 19.7 Å². The van der Waals surface area contributed by atoms with Gasteiger partial charge in [0, 0.05) is 19.3 Å². The van der Waals surface area contributed by atoms with E-state index in [1.54, 1.807) is 6.92 Å². The lowest BCUT2D eigenvalue weighted by Crippen LogP contribution is -2.34. The standard InChI is InChI=1S/C17H21N3O5S/c1-4-19(5-2)17(22)20-11-10-15(18-20)26(23,24)14-9-7-8-13(12-14)16(21)25-6-3/h7-12H,4-6H2,1-3H3. The second-order valence-corrected chi connectivity index (χ2v) is 7.20. The minimum Gasteiger partial charge on any atom is -0.462 e. The SMILES string of the molecule is CCOC(=O)c1cccc(S(=O)(=O)c2ccn(C(=O)N(CC)CC)n2)c1. The molecular weight excluding hydrogens is 358 g/mol. The molecular formula is C17H21N3O5S. The number of ether oxygens (including phenoxy) is 1. The largest absolute Gasteiger partial charge is 0.462 e. The second-order valence-electron chi connectivity index (χ2n) is 5.31. The van der Waals surface area contributed by atoms with E-state index in [1.165, 1.54) is 41.4 Å². The molecule has 0 spiro atoms. The highest BCUT2D eigenvalue weighted by molar-refractivity contribution is 7.91. The first-order valence-corrected chi connectivity index (χ1v) is 9.70. The number of hydrogen-bond donors (Lipinski definition) is 0. The van der Waals surface area contributed by atoms with Gasteiger partial charge in [-0.15, -0.1) is 0 Å².